The minimum Gasteiger partial charge on any atom is -0.444 e. The maximum atomic E-state index is 14.1. The maximum absolute atomic E-state index is 14.1. The van der Waals surface area contributed by atoms with Gasteiger partial charge in [-0.1, -0.05) is 54.6 Å². The first-order chi connectivity index (χ1) is 17.6. The van der Waals surface area contributed by atoms with Gasteiger partial charge in [0.2, 0.25) is 0 Å². The van der Waals surface area contributed by atoms with E-state index in [0.29, 0.717) is 42.1 Å². The van der Waals surface area contributed by atoms with Crippen molar-refractivity contribution in [3.05, 3.63) is 72.3 Å². The molecule has 0 N–H and O–H groups in total. The van der Waals surface area contributed by atoms with Crippen molar-refractivity contribution >= 4 is 44.3 Å². The van der Waals surface area contributed by atoms with Crippen LogP contribution in [0.4, 0.5) is 16.2 Å². The average molecular weight is 520 g/mol. The molecule has 3 aromatic carbocycles. The van der Waals surface area contributed by atoms with E-state index in [0.717, 1.165) is 16.6 Å². The molecule has 1 saturated heterocycles. The van der Waals surface area contributed by atoms with Gasteiger partial charge in [0.25, 0.3) is 10.0 Å². The number of rotatable bonds is 3. The topological polar surface area (TPSA) is 70.2 Å². The highest BCUT2D eigenvalue weighted by Crippen LogP contribution is 2.40. The predicted molar refractivity (Wildman–Crippen MR) is 149 cm³/mol. The predicted octanol–water partition coefficient (Wildman–Crippen LogP) is 5.51. The number of benzene rings is 3. The Morgan fingerprint density at radius 1 is 0.892 bits per heavy atom. The fraction of sp³-hybridized carbons (Fsp3) is 0.345. The van der Waals surface area contributed by atoms with Crippen molar-refractivity contribution in [3.8, 4) is 0 Å². The number of carbonyl (C=O) groups is 1. The molecule has 8 heteroatoms. The number of piperazine rings is 1. The molecule has 1 atom stereocenters. The molecule has 7 nitrogen and oxygen atoms in total. The van der Waals surface area contributed by atoms with Crippen LogP contribution in [-0.4, -0.2) is 57.2 Å². The molecule has 1 fully saturated rings. The summed E-state index contributed by atoms with van der Waals surface area (Å²) < 4.78 is 35.3. The number of amides is 1. The van der Waals surface area contributed by atoms with Crippen molar-refractivity contribution in [2.24, 2.45) is 0 Å². The van der Waals surface area contributed by atoms with Crippen LogP contribution in [0.1, 0.15) is 33.3 Å². The lowest BCUT2D eigenvalue weighted by Crippen LogP contribution is -2.50. The molecule has 0 spiro atoms. The molecule has 0 bridgehead atoms. The molecule has 2 aliphatic rings. The minimum atomic E-state index is -3.84. The van der Waals surface area contributed by atoms with Crippen molar-refractivity contribution < 1.29 is 17.9 Å². The van der Waals surface area contributed by atoms with E-state index in [-0.39, 0.29) is 12.1 Å². The Hall–Kier alpha value is -3.52. The van der Waals surface area contributed by atoms with Gasteiger partial charge in [0.15, 0.2) is 0 Å². The van der Waals surface area contributed by atoms with Crippen LogP contribution in [-0.2, 0) is 14.8 Å². The molecule has 3 aromatic rings. The SMILES string of the molecule is CC1C=Cc2c(N3CCN(C(=O)OC(C)(C)C)CC3)cccc2N1S(=O)(=O)c1cccc2ccccc12. The van der Waals surface area contributed by atoms with Crippen molar-refractivity contribution in [1.82, 2.24) is 4.90 Å². The summed E-state index contributed by atoms with van der Waals surface area (Å²) in [5.41, 5.74) is 1.96. The van der Waals surface area contributed by atoms with Gasteiger partial charge in [-0.15, -0.1) is 0 Å². The van der Waals surface area contributed by atoms with E-state index in [1.54, 1.807) is 17.0 Å². The Morgan fingerprint density at radius 2 is 1.54 bits per heavy atom. The number of sulfonamides is 1. The molecule has 2 heterocycles. The zero-order valence-electron chi connectivity index (χ0n) is 21.7. The quantitative estimate of drug-likeness (QED) is 0.457. The zero-order chi connectivity index (χ0) is 26.4. The van der Waals surface area contributed by atoms with E-state index >= 15 is 0 Å². The van der Waals surface area contributed by atoms with Crippen LogP contribution in [0.2, 0.25) is 0 Å². The summed E-state index contributed by atoms with van der Waals surface area (Å²) in [6.07, 6.45) is 3.65. The number of fused-ring (bicyclic) bond motifs is 2. The Labute approximate surface area is 219 Å². The van der Waals surface area contributed by atoms with Gasteiger partial charge in [-0.05, 0) is 51.3 Å². The summed E-state index contributed by atoms with van der Waals surface area (Å²) in [5, 5.41) is 1.60. The molecule has 0 aliphatic carbocycles. The molecule has 1 unspecified atom stereocenters. The summed E-state index contributed by atoms with van der Waals surface area (Å²) >= 11 is 0. The Kier molecular flexibility index (Phi) is 6.40. The first-order valence-electron chi connectivity index (χ1n) is 12.6. The molecule has 2 aliphatic heterocycles. The number of anilines is 2. The minimum absolute atomic E-state index is 0.301. The van der Waals surface area contributed by atoms with Crippen LogP contribution in [0.3, 0.4) is 0 Å². The highest BCUT2D eigenvalue weighted by Gasteiger charge is 2.35. The van der Waals surface area contributed by atoms with E-state index in [9.17, 15) is 13.2 Å². The Bertz CT molecular complexity index is 1460. The third-order valence-electron chi connectivity index (χ3n) is 6.77. The average Bonchev–Trinajstić information content (AvgIpc) is 2.86. The summed E-state index contributed by atoms with van der Waals surface area (Å²) in [6, 6.07) is 18.4. The van der Waals surface area contributed by atoms with E-state index in [4.69, 9.17) is 4.74 Å². The standard InChI is InChI=1S/C29H33N3O4S/c1-21-15-16-24-25(30-17-19-31(20-18-30)28(33)36-29(2,3)4)12-8-13-26(24)32(21)37(34,35)27-14-7-10-22-9-5-6-11-23(22)27/h5-16,21H,17-20H2,1-4H3. The molecule has 0 aromatic heterocycles. The van der Waals surface area contributed by atoms with Gasteiger partial charge >= 0.3 is 6.09 Å². The lowest BCUT2D eigenvalue weighted by Gasteiger charge is -2.39. The van der Waals surface area contributed by atoms with Gasteiger partial charge in [0.1, 0.15) is 5.60 Å². The third kappa shape index (κ3) is 4.78. The number of ether oxygens (including phenoxy) is 1. The van der Waals surface area contributed by atoms with Crippen molar-refractivity contribution in [3.63, 3.8) is 0 Å². The number of carbonyl (C=O) groups excluding carboxylic acids is 1. The van der Waals surface area contributed by atoms with Crippen molar-refractivity contribution in [1.29, 1.82) is 0 Å². The van der Waals surface area contributed by atoms with Gasteiger partial charge in [-0.3, -0.25) is 4.31 Å². The second kappa shape index (κ2) is 9.41. The van der Waals surface area contributed by atoms with Crippen molar-refractivity contribution in [2.75, 3.05) is 35.4 Å². The van der Waals surface area contributed by atoms with Crippen LogP contribution >= 0.6 is 0 Å². The first kappa shape index (κ1) is 25.1. The summed E-state index contributed by atoms with van der Waals surface area (Å²) in [7, 11) is -3.84. The van der Waals surface area contributed by atoms with Crippen LogP contribution in [0.5, 0.6) is 0 Å². The molecule has 37 heavy (non-hydrogen) atoms. The van der Waals surface area contributed by atoms with Crippen LogP contribution in [0.15, 0.2) is 71.6 Å². The second-order valence-corrected chi connectivity index (χ2v) is 12.3. The number of hydrogen-bond donors (Lipinski definition) is 0. The smallest absolute Gasteiger partial charge is 0.410 e. The summed E-state index contributed by atoms with van der Waals surface area (Å²) in [5.74, 6) is 0. The van der Waals surface area contributed by atoms with Crippen LogP contribution < -0.4 is 9.21 Å². The Balaban J connectivity index is 1.46. The highest BCUT2D eigenvalue weighted by atomic mass is 32.2. The van der Waals surface area contributed by atoms with Gasteiger partial charge in [0, 0.05) is 42.8 Å². The summed E-state index contributed by atoms with van der Waals surface area (Å²) in [4.78, 5) is 16.7. The van der Waals surface area contributed by atoms with E-state index in [1.807, 2.05) is 88.4 Å². The molecule has 194 valence electrons. The Morgan fingerprint density at radius 3 is 2.27 bits per heavy atom. The van der Waals surface area contributed by atoms with E-state index in [2.05, 4.69) is 4.90 Å². The van der Waals surface area contributed by atoms with E-state index in [1.165, 1.54) is 4.31 Å². The van der Waals surface area contributed by atoms with Gasteiger partial charge in [-0.25, -0.2) is 13.2 Å². The third-order valence-corrected chi connectivity index (χ3v) is 8.73. The van der Waals surface area contributed by atoms with Crippen LogP contribution in [0.25, 0.3) is 16.8 Å². The van der Waals surface area contributed by atoms with Gasteiger partial charge < -0.3 is 14.5 Å². The lowest BCUT2D eigenvalue weighted by atomic mass is 10.0. The zero-order valence-corrected chi connectivity index (χ0v) is 22.5. The molecular weight excluding hydrogens is 486 g/mol. The maximum Gasteiger partial charge on any atom is 0.410 e. The summed E-state index contributed by atoms with van der Waals surface area (Å²) in [6.45, 7) is 9.83. The number of nitrogens with zero attached hydrogens (tertiary/aromatic N) is 3. The molecular formula is C29H33N3O4S. The van der Waals surface area contributed by atoms with E-state index < -0.39 is 15.6 Å². The monoisotopic (exact) mass is 519 g/mol. The molecule has 5 rings (SSSR count). The number of hydrogen-bond acceptors (Lipinski definition) is 5. The van der Waals surface area contributed by atoms with Gasteiger partial charge in [0.05, 0.1) is 16.6 Å². The second-order valence-electron chi connectivity index (χ2n) is 10.5. The van der Waals surface area contributed by atoms with Crippen molar-refractivity contribution in [2.45, 2.75) is 44.2 Å². The van der Waals surface area contributed by atoms with Gasteiger partial charge in [-0.2, -0.15) is 0 Å². The normalized spacial score (nSPS) is 18.2. The molecule has 0 saturated carbocycles. The fourth-order valence-corrected chi connectivity index (χ4v) is 6.90. The molecule has 0 radical (unpaired) electrons. The van der Waals surface area contributed by atoms with Crippen LogP contribution in [0, 0.1) is 0 Å². The first-order valence-corrected chi connectivity index (χ1v) is 14.1. The molecule has 1 amide bonds. The lowest BCUT2D eigenvalue weighted by molar-refractivity contribution is 0.0240. The highest BCUT2D eigenvalue weighted by molar-refractivity contribution is 7.93. The largest absolute Gasteiger partial charge is 0.444 e. The fourth-order valence-electron chi connectivity index (χ4n) is 5.04.